The van der Waals surface area contributed by atoms with E-state index in [2.05, 4.69) is 10.3 Å². The maximum absolute atomic E-state index is 13.4. The van der Waals surface area contributed by atoms with Gasteiger partial charge in [0.05, 0.1) is 18.0 Å². The maximum atomic E-state index is 13.4. The Labute approximate surface area is 109 Å². The van der Waals surface area contributed by atoms with Crippen LogP contribution in [0.4, 0.5) is 8.78 Å². The lowest BCUT2D eigenvalue weighted by atomic mass is 10.1. The molecule has 1 aromatic heterocycles. The van der Waals surface area contributed by atoms with Gasteiger partial charge in [-0.3, -0.25) is 0 Å². The molecule has 1 atom stereocenters. The second kappa shape index (κ2) is 6.40. The number of aliphatic hydroxyl groups excluding tert-OH is 1. The summed E-state index contributed by atoms with van der Waals surface area (Å²) in [5, 5.41) is 12.7. The van der Waals surface area contributed by atoms with Crippen molar-refractivity contribution >= 4 is 0 Å². The van der Waals surface area contributed by atoms with Crippen LogP contribution in [0, 0.1) is 11.6 Å². The zero-order valence-electron chi connectivity index (χ0n) is 10.3. The first-order valence-electron chi connectivity index (χ1n) is 5.97. The third kappa shape index (κ3) is 3.59. The summed E-state index contributed by atoms with van der Waals surface area (Å²) < 4.78 is 28.7. The molecule has 0 aliphatic rings. The molecule has 0 radical (unpaired) electrons. The monoisotopic (exact) mass is 267 g/mol. The summed E-state index contributed by atoms with van der Waals surface area (Å²) in [5.41, 5.74) is -0.294. The largest absolute Gasteiger partial charge is 0.387 e. The molecule has 1 heterocycles. The van der Waals surface area contributed by atoms with Crippen LogP contribution in [-0.2, 0) is 6.54 Å². The predicted octanol–water partition coefficient (Wildman–Crippen LogP) is 1.48. The van der Waals surface area contributed by atoms with Crippen molar-refractivity contribution in [2.24, 2.45) is 0 Å². The van der Waals surface area contributed by atoms with Crippen LogP contribution in [0.15, 0.2) is 36.9 Å². The smallest absolute Gasteiger partial charge is 0.131 e. The first kappa shape index (κ1) is 13.6. The molecule has 0 aliphatic carbocycles. The van der Waals surface area contributed by atoms with Gasteiger partial charge in [0, 0.05) is 32.0 Å². The van der Waals surface area contributed by atoms with Gasteiger partial charge in [0.2, 0.25) is 0 Å². The van der Waals surface area contributed by atoms with Gasteiger partial charge in [-0.15, -0.1) is 0 Å². The highest BCUT2D eigenvalue weighted by atomic mass is 19.1. The fourth-order valence-corrected chi connectivity index (χ4v) is 1.80. The van der Waals surface area contributed by atoms with Gasteiger partial charge in [0.15, 0.2) is 0 Å². The third-order valence-corrected chi connectivity index (χ3v) is 2.78. The lowest BCUT2D eigenvalue weighted by Crippen LogP contribution is -2.26. The minimum atomic E-state index is -1.20. The van der Waals surface area contributed by atoms with Crippen molar-refractivity contribution in [1.29, 1.82) is 0 Å². The van der Waals surface area contributed by atoms with Gasteiger partial charge in [-0.05, 0) is 12.1 Å². The van der Waals surface area contributed by atoms with E-state index in [1.165, 1.54) is 6.07 Å². The Hall–Kier alpha value is -1.79. The molecule has 0 spiro atoms. The highest BCUT2D eigenvalue weighted by molar-refractivity contribution is 5.22. The number of nitrogens with one attached hydrogen (secondary N) is 1. The number of rotatable bonds is 6. The van der Waals surface area contributed by atoms with Gasteiger partial charge in [-0.1, -0.05) is 6.07 Å². The topological polar surface area (TPSA) is 50.1 Å². The van der Waals surface area contributed by atoms with E-state index >= 15 is 0 Å². The molecule has 0 bridgehead atoms. The number of benzene rings is 1. The summed E-state index contributed by atoms with van der Waals surface area (Å²) >= 11 is 0. The molecule has 4 nitrogen and oxygen atoms in total. The van der Waals surface area contributed by atoms with Gasteiger partial charge in [0.1, 0.15) is 11.6 Å². The molecule has 2 rings (SSSR count). The van der Waals surface area contributed by atoms with Crippen molar-refractivity contribution in [3.05, 3.63) is 54.1 Å². The van der Waals surface area contributed by atoms with E-state index < -0.39 is 17.7 Å². The Morgan fingerprint density at radius 3 is 2.68 bits per heavy atom. The Kier molecular flexibility index (Phi) is 4.59. The summed E-state index contributed by atoms with van der Waals surface area (Å²) in [7, 11) is 0. The molecular weight excluding hydrogens is 252 g/mol. The first-order valence-corrected chi connectivity index (χ1v) is 5.97. The molecule has 0 amide bonds. The lowest BCUT2D eigenvalue weighted by molar-refractivity contribution is 0.165. The molecule has 0 aliphatic heterocycles. The van der Waals surface area contributed by atoms with Gasteiger partial charge in [-0.25, -0.2) is 13.8 Å². The van der Waals surface area contributed by atoms with Crippen LogP contribution < -0.4 is 5.32 Å². The van der Waals surface area contributed by atoms with E-state index in [1.54, 1.807) is 12.5 Å². The number of hydrogen-bond donors (Lipinski definition) is 2. The van der Waals surface area contributed by atoms with Crippen LogP contribution in [0.1, 0.15) is 11.7 Å². The second-order valence-electron chi connectivity index (χ2n) is 4.16. The van der Waals surface area contributed by atoms with Crippen molar-refractivity contribution in [2.75, 3.05) is 13.1 Å². The minimum absolute atomic E-state index is 0.0898. The number of hydrogen-bond acceptors (Lipinski definition) is 3. The van der Waals surface area contributed by atoms with Gasteiger partial charge >= 0.3 is 0 Å². The fourth-order valence-electron chi connectivity index (χ4n) is 1.80. The Morgan fingerprint density at radius 1 is 1.32 bits per heavy atom. The van der Waals surface area contributed by atoms with Crippen LogP contribution >= 0.6 is 0 Å². The van der Waals surface area contributed by atoms with Crippen molar-refractivity contribution in [3.63, 3.8) is 0 Å². The summed E-state index contributed by atoms with van der Waals surface area (Å²) in [6, 6.07) is 3.54. The fraction of sp³-hybridized carbons (Fsp3) is 0.308. The lowest BCUT2D eigenvalue weighted by Gasteiger charge is -2.14. The Bertz CT molecular complexity index is 496. The molecular formula is C13H15F2N3O. The zero-order valence-corrected chi connectivity index (χ0v) is 10.3. The molecule has 0 saturated heterocycles. The molecule has 2 N–H and O–H groups in total. The minimum Gasteiger partial charge on any atom is -0.387 e. The Balaban J connectivity index is 1.82. The number of halogens is 2. The summed E-state index contributed by atoms with van der Waals surface area (Å²) in [5.74, 6) is -1.46. The summed E-state index contributed by atoms with van der Waals surface area (Å²) in [6.07, 6.45) is 3.95. The van der Waals surface area contributed by atoms with Crippen molar-refractivity contribution < 1.29 is 13.9 Å². The normalized spacial score (nSPS) is 12.6. The molecule has 0 saturated carbocycles. The average molecular weight is 267 g/mol. The van der Waals surface area contributed by atoms with Gasteiger partial charge in [-0.2, -0.15) is 0 Å². The van der Waals surface area contributed by atoms with E-state index in [0.717, 1.165) is 12.1 Å². The molecule has 0 fully saturated rings. The quantitative estimate of drug-likeness (QED) is 0.780. The second-order valence-corrected chi connectivity index (χ2v) is 4.16. The Morgan fingerprint density at radius 2 is 2.05 bits per heavy atom. The number of imidazole rings is 1. The van der Waals surface area contributed by atoms with Crippen LogP contribution in [0.3, 0.4) is 0 Å². The summed E-state index contributed by atoms with van der Waals surface area (Å²) in [4.78, 5) is 3.89. The average Bonchev–Trinajstić information content (AvgIpc) is 2.87. The molecule has 2 aromatic rings. The molecule has 1 unspecified atom stereocenters. The van der Waals surface area contributed by atoms with Crippen molar-refractivity contribution in [1.82, 2.24) is 14.9 Å². The van der Waals surface area contributed by atoms with Crippen LogP contribution in [-0.4, -0.2) is 27.7 Å². The highest BCUT2D eigenvalue weighted by Gasteiger charge is 2.16. The molecule has 6 heteroatoms. The number of aromatic nitrogens is 2. The van der Waals surface area contributed by atoms with E-state index in [9.17, 15) is 13.9 Å². The maximum Gasteiger partial charge on any atom is 0.131 e. The molecule has 102 valence electrons. The van der Waals surface area contributed by atoms with Crippen LogP contribution in [0.25, 0.3) is 0 Å². The zero-order chi connectivity index (χ0) is 13.7. The van der Waals surface area contributed by atoms with E-state index in [4.69, 9.17) is 0 Å². The third-order valence-electron chi connectivity index (χ3n) is 2.78. The van der Waals surface area contributed by atoms with Crippen LogP contribution in [0.2, 0.25) is 0 Å². The van der Waals surface area contributed by atoms with E-state index in [1.807, 2.05) is 10.8 Å². The molecule has 19 heavy (non-hydrogen) atoms. The number of nitrogens with zero attached hydrogens (tertiary/aromatic N) is 2. The van der Waals surface area contributed by atoms with Gasteiger partial charge in [0.25, 0.3) is 0 Å². The van der Waals surface area contributed by atoms with E-state index in [0.29, 0.717) is 13.1 Å². The highest BCUT2D eigenvalue weighted by Crippen LogP contribution is 2.19. The standard InChI is InChI=1S/C13H15F2N3O/c14-10-2-1-3-11(15)13(10)12(19)8-16-4-6-18-7-5-17-9-18/h1-3,5,7,9,12,16,19H,4,6,8H2. The number of aliphatic hydroxyl groups is 1. The summed E-state index contributed by atoms with van der Waals surface area (Å²) in [6.45, 7) is 1.34. The van der Waals surface area contributed by atoms with E-state index in [-0.39, 0.29) is 12.1 Å². The first-order chi connectivity index (χ1) is 9.18. The van der Waals surface area contributed by atoms with Gasteiger partial charge < -0.3 is 15.0 Å². The SMILES string of the molecule is OC(CNCCn1ccnc1)c1c(F)cccc1F. The van der Waals surface area contributed by atoms with Crippen molar-refractivity contribution in [3.8, 4) is 0 Å². The van der Waals surface area contributed by atoms with Crippen molar-refractivity contribution in [2.45, 2.75) is 12.6 Å². The predicted molar refractivity (Wildman–Crippen MR) is 66.4 cm³/mol. The molecule has 1 aromatic carbocycles. The van der Waals surface area contributed by atoms with Crippen LogP contribution in [0.5, 0.6) is 0 Å².